The highest BCUT2D eigenvalue weighted by atomic mass is 16.2. The van der Waals surface area contributed by atoms with Crippen molar-refractivity contribution >= 4 is 13.1 Å². The molecule has 0 saturated heterocycles. The molecule has 0 atom stereocenters. The molecule has 0 amide bonds. The van der Waals surface area contributed by atoms with Crippen LogP contribution in [-0.4, -0.2) is 22.7 Å². The van der Waals surface area contributed by atoms with Gasteiger partial charge in [-0.1, -0.05) is 0 Å². The normalized spacial score (nSPS) is 8.71. The molecule has 0 aliphatic rings. The van der Waals surface area contributed by atoms with Gasteiger partial charge in [0.05, 0.1) is 0 Å². The highest BCUT2D eigenvalue weighted by Gasteiger charge is 1.87. The van der Waals surface area contributed by atoms with Crippen LogP contribution in [0.15, 0.2) is 12.3 Å². The van der Waals surface area contributed by atoms with Crippen LogP contribution in [0.5, 0.6) is 0 Å². The summed E-state index contributed by atoms with van der Waals surface area (Å²) in [5, 5.41) is 14.6. The van der Waals surface area contributed by atoms with Crippen LogP contribution < -0.4 is 5.59 Å². The number of hydrogen-bond donors (Lipinski definition) is 2. The minimum Gasteiger partial charge on any atom is -0.448 e. The molecule has 1 heterocycles. The molecule has 7 heavy (non-hydrogen) atoms. The van der Waals surface area contributed by atoms with E-state index in [-0.39, 0.29) is 7.48 Å². The summed E-state index contributed by atoms with van der Waals surface area (Å²) >= 11 is 0. The van der Waals surface area contributed by atoms with E-state index in [4.69, 9.17) is 5.02 Å². The summed E-state index contributed by atoms with van der Waals surface area (Å²) in [4.78, 5) is 0. The van der Waals surface area contributed by atoms with E-state index in [9.17, 15) is 0 Å². The topological polar surface area (TPSA) is 48.9 Å². The van der Waals surface area contributed by atoms with Gasteiger partial charge in [-0.3, -0.25) is 5.10 Å². The van der Waals surface area contributed by atoms with E-state index >= 15 is 0 Å². The number of nitrogens with zero attached hydrogens (tertiary/aromatic N) is 1. The zero-order valence-electron chi connectivity index (χ0n) is 3.76. The van der Waals surface area contributed by atoms with Crippen LogP contribution in [0.4, 0.5) is 0 Å². The monoisotopic (exact) mass is 96.0 g/mol. The van der Waals surface area contributed by atoms with Gasteiger partial charge >= 0.3 is 7.48 Å². The molecule has 0 bridgehead atoms. The second-order valence-corrected chi connectivity index (χ2v) is 1.24. The molecular weight excluding hydrogens is 90.9 g/mol. The molecule has 1 aromatic heterocycles. The Balaban J connectivity index is 2.76. The first kappa shape index (κ1) is 4.40. The molecule has 4 heteroatoms. The van der Waals surface area contributed by atoms with Crippen LogP contribution in [0.3, 0.4) is 0 Å². The molecule has 0 aliphatic carbocycles. The van der Waals surface area contributed by atoms with Crippen molar-refractivity contribution in [2.45, 2.75) is 0 Å². The predicted octanol–water partition coefficient (Wildman–Crippen LogP) is -1.62. The third-order valence-electron chi connectivity index (χ3n) is 0.729. The largest absolute Gasteiger partial charge is 0.448 e. The SMILES string of the molecule is OBc1ccn[nH]1. The second-order valence-electron chi connectivity index (χ2n) is 1.24. The number of aromatic amines is 1. The fraction of sp³-hybridized carbons (Fsp3) is 0. The predicted molar refractivity (Wildman–Crippen MR) is 27.6 cm³/mol. The number of hydrogen-bond acceptors (Lipinski definition) is 2. The molecule has 36 valence electrons. The summed E-state index contributed by atoms with van der Waals surface area (Å²) in [6, 6.07) is 1.72. The van der Waals surface area contributed by atoms with E-state index in [1.807, 2.05) is 0 Å². The number of rotatable bonds is 1. The number of nitrogens with one attached hydrogen (secondary N) is 1. The van der Waals surface area contributed by atoms with E-state index in [1.165, 1.54) is 0 Å². The lowest BCUT2D eigenvalue weighted by Gasteiger charge is -1.76. The van der Waals surface area contributed by atoms with Gasteiger partial charge in [0, 0.05) is 11.8 Å². The zero-order chi connectivity index (χ0) is 5.11. The Morgan fingerprint density at radius 1 is 1.86 bits per heavy atom. The van der Waals surface area contributed by atoms with Crippen molar-refractivity contribution in [3.8, 4) is 0 Å². The maximum absolute atomic E-state index is 8.36. The molecule has 0 radical (unpaired) electrons. The first-order valence-electron chi connectivity index (χ1n) is 2.02. The molecule has 0 fully saturated rings. The van der Waals surface area contributed by atoms with Gasteiger partial charge < -0.3 is 5.02 Å². The number of H-pyrrole nitrogens is 1. The first-order chi connectivity index (χ1) is 3.43. The summed E-state index contributed by atoms with van der Waals surface area (Å²) in [7, 11) is 0.0417. The van der Waals surface area contributed by atoms with Crippen LogP contribution >= 0.6 is 0 Å². The maximum atomic E-state index is 8.36. The quantitative estimate of drug-likeness (QED) is 0.412. The van der Waals surface area contributed by atoms with Crippen molar-refractivity contribution in [1.82, 2.24) is 10.2 Å². The van der Waals surface area contributed by atoms with Crippen LogP contribution in [0.25, 0.3) is 0 Å². The summed E-state index contributed by atoms with van der Waals surface area (Å²) < 4.78 is 0. The molecule has 0 saturated carbocycles. The van der Waals surface area contributed by atoms with Crippen LogP contribution in [-0.2, 0) is 0 Å². The third-order valence-corrected chi connectivity index (χ3v) is 0.729. The third kappa shape index (κ3) is 0.808. The van der Waals surface area contributed by atoms with Crippen molar-refractivity contribution in [3.63, 3.8) is 0 Å². The van der Waals surface area contributed by atoms with E-state index in [2.05, 4.69) is 10.2 Å². The first-order valence-corrected chi connectivity index (χ1v) is 2.02. The Hall–Kier alpha value is -0.765. The summed E-state index contributed by atoms with van der Waals surface area (Å²) in [5.41, 5.74) is 0.750. The minimum atomic E-state index is 0.0417. The van der Waals surface area contributed by atoms with E-state index in [1.54, 1.807) is 12.3 Å². The summed E-state index contributed by atoms with van der Waals surface area (Å²) in [6.45, 7) is 0. The van der Waals surface area contributed by atoms with Gasteiger partial charge in [0.2, 0.25) is 0 Å². The lowest BCUT2D eigenvalue weighted by Crippen LogP contribution is -2.13. The number of aromatic nitrogens is 2. The van der Waals surface area contributed by atoms with Crippen molar-refractivity contribution in [2.24, 2.45) is 0 Å². The molecule has 1 aromatic rings. The fourth-order valence-electron chi connectivity index (χ4n) is 0.373. The van der Waals surface area contributed by atoms with Crippen LogP contribution in [0.1, 0.15) is 0 Å². The van der Waals surface area contributed by atoms with Gasteiger partial charge in [0.1, 0.15) is 0 Å². The van der Waals surface area contributed by atoms with Gasteiger partial charge in [-0.15, -0.1) is 0 Å². The standard InChI is InChI=1S/C3H5BN2O/c7-4-3-1-2-5-6-3/h1-2,4,7H,(H,5,6). The van der Waals surface area contributed by atoms with Crippen LogP contribution in [0.2, 0.25) is 0 Å². The van der Waals surface area contributed by atoms with Gasteiger partial charge in [-0.2, -0.15) is 5.10 Å². The fourth-order valence-corrected chi connectivity index (χ4v) is 0.373. The molecular formula is C3H5BN2O. The van der Waals surface area contributed by atoms with E-state index < -0.39 is 0 Å². The van der Waals surface area contributed by atoms with E-state index in [0.717, 1.165) is 5.59 Å². The Labute approximate surface area is 41.6 Å². The summed E-state index contributed by atoms with van der Waals surface area (Å²) in [6.07, 6.45) is 1.60. The smallest absolute Gasteiger partial charge is 0.324 e. The molecule has 0 spiro atoms. The maximum Gasteiger partial charge on any atom is 0.324 e. The van der Waals surface area contributed by atoms with Gasteiger partial charge in [0.15, 0.2) is 0 Å². The zero-order valence-corrected chi connectivity index (χ0v) is 3.76. The van der Waals surface area contributed by atoms with Crippen molar-refractivity contribution < 1.29 is 5.02 Å². The Kier molecular flexibility index (Phi) is 1.13. The lowest BCUT2D eigenvalue weighted by atomic mass is 9.97. The highest BCUT2D eigenvalue weighted by molar-refractivity contribution is 6.44. The van der Waals surface area contributed by atoms with Gasteiger partial charge in [-0.05, 0) is 6.07 Å². The Morgan fingerprint density at radius 3 is 3.00 bits per heavy atom. The molecule has 0 unspecified atom stereocenters. The Morgan fingerprint density at radius 2 is 2.71 bits per heavy atom. The second kappa shape index (κ2) is 1.79. The molecule has 2 N–H and O–H groups in total. The minimum absolute atomic E-state index is 0.0417. The van der Waals surface area contributed by atoms with E-state index in [0.29, 0.717) is 0 Å². The lowest BCUT2D eigenvalue weighted by molar-refractivity contribution is 0.614. The van der Waals surface area contributed by atoms with Crippen molar-refractivity contribution in [3.05, 3.63) is 12.3 Å². The average Bonchev–Trinajstić information content (AvgIpc) is 2.14. The van der Waals surface area contributed by atoms with Crippen LogP contribution in [0, 0.1) is 0 Å². The molecule has 3 nitrogen and oxygen atoms in total. The van der Waals surface area contributed by atoms with Crippen molar-refractivity contribution in [1.29, 1.82) is 0 Å². The molecule has 0 aliphatic heterocycles. The van der Waals surface area contributed by atoms with Gasteiger partial charge in [0.25, 0.3) is 0 Å². The molecule has 0 aromatic carbocycles. The molecule has 1 rings (SSSR count). The Bertz CT molecular complexity index is 127. The van der Waals surface area contributed by atoms with Gasteiger partial charge in [-0.25, -0.2) is 0 Å². The highest BCUT2D eigenvalue weighted by Crippen LogP contribution is 1.64. The van der Waals surface area contributed by atoms with Crippen molar-refractivity contribution in [2.75, 3.05) is 0 Å². The average molecular weight is 95.9 g/mol. The summed E-state index contributed by atoms with van der Waals surface area (Å²) in [5.74, 6) is 0.